The van der Waals surface area contributed by atoms with E-state index < -0.39 is 5.60 Å². The average Bonchev–Trinajstić information content (AvgIpc) is 2.69. The zero-order chi connectivity index (χ0) is 17.3. The first kappa shape index (κ1) is 16.6. The lowest BCUT2D eigenvalue weighted by molar-refractivity contribution is 0.134. The standard InChI is InChI=1S/C18H19ClN4O/c1-3-21-16-13-8-11(4-5-15(13)22-10-14(16)19)12-6-7-18(2,24)17(20)23-9-12/h4-6,8-10,20,24H,3,7H2,1-2H3,(H,21,22). The van der Waals surface area contributed by atoms with E-state index in [0.29, 0.717) is 11.4 Å². The molecule has 124 valence electrons. The van der Waals surface area contributed by atoms with Crippen LogP contribution in [-0.4, -0.2) is 34.3 Å². The highest BCUT2D eigenvalue weighted by Gasteiger charge is 2.26. The number of benzene rings is 1. The van der Waals surface area contributed by atoms with Crippen LogP contribution in [0, 0.1) is 5.41 Å². The minimum atomic E-state index is -1.24. The van der Waals surface area contributed by atoms with Crippen LogP contribution in [0.2, 0.25) is 5.02 Å². The van der Waals surface area contributed by atoms with Gasteiger partial charge in [0.15, 0.2) is 5.84 Å². The molecule has 24 heavy (non-hydrogen) atoms. The number of hydrogen-bond donors (Lipinski definition) is 3. The van der Waals surface area contributed by atoms with Gasteiger partial charge in [0.2, 0.25) is 0 Å². The number of halogens is 1. The van der Waals surface area contributed by atoms with Crippen molar-refractivity contribution in [3.63, 3.8) is 0 Å². The van der Waals surface area contributed by atoms with Gasteiger partial charge in [0.05, 0.1) is 16.2 Å². The highest BCUT2D eigenvalue weighted by Crippen LogP contribution is 2.32. The molecular weight excluding hydrogens is 324 g/mol. The molecule has 0 spiro atoms. The van der Waals surface area contributed by atoms with Crippen LogP contribution in [0.3, 0.4) is 0 Å². The molecule has 2 heterocycles. The van der Waals surface area contributed by atoms with E-state index >= 15 is 0 Å². The lowest BCUT2D eigenvalue weighted by Gasteiger charge is -2.17. The van der Waals surface area contributed by atoms with E-state index in [0.717, 1.165) is 34.3 Å². The Balaban J connectivity index is 2.11. The predicted octanol–water partition coefficient (Wildman–Crippen LogP) is 3.91. The number of pyridine rings is 1. The second-order valence-electron chi connectivity index (χ2n) is 5.99. The third-order valence-electron chi connectivity index (χ3n) is 4.07. The molecule has 3 rings (SSSR count). The van der Waals surface area contributed by atoms with Gasteiger partial charge in [-0.15, -0.1) is 0 Å². The Kier molecular flexibility index (Phi) is 4.39. The van der Waals surface area contributed by atoms with Gasteiger partial charge in [0, 0.05) is 30.8 Å². The molecule has 0 saturated carbocycles. The fourth-order valence-corrected chi connectivity index (χ4v) is 2.85. The van der Waals surface area contributed by atoms with E-state index in [1.54, 1.807) is 19.3 Å². The first-order valence-electron chi connectivity index (χ1n) is 7.80. The van der Waals surface area contributed by atoms with Crippen molar-refractivity contribution in [3.05, 3.63) is 41.1 Å². The van der Waals surface area contributed by atoms with E-state index in [9.17, 15) is 5.11 Å². The van der Waals surface area contributed by atoms with E-state index in [4.69, 9.17) is 17.0 Å². The summed E-state index contributed by atoms with van der Waals surface area (Å²) in [6.45, 7) is 4.37. The Bertz CT molecular complexity index is 871. The summed E-state index contributed by atoms with van der Waals surface area (Å²) in [7, 11) is 0. The summed E-state index contributed by atoms with van der Waals surface area (Å²) >= 11 is 6.28. The van der Waals surface area contributed by atoms with Crippen molar-refractivity contribution >= 4 is 45.8 Å². The van der Waals surface area contributed by atoms with Gasteiger partial charge in [-0.3, -0.25) is 10.4 Å². The van der Waals surface area contributed by atoms with Crippen molar-refractivity contribution < 1.29 is 5.11 Å². The SMILES string of the molecule is CCNc1c(Cl)cnc2ccc(C3=CCC(C)(O)C(=N)N=C3)cc12. The van der Waals surface area contributed by atoms with Crippen LogP contribution in [0.5, 0.6) is 0 Å². The van der Waals surface area contributed by atoms with Crippen LogP contribution in [0.4, 0.5) is 5.69 Å². The van der Waals surface area contributed by atoms with Crippen molar-refractivity contribution in [1.29, 1.82) is 5.41 Å². The summed E-state index contributed by atoms with van der Waals surface area (Å²) in [4.78, 5) is 8.44. The summed E-state index contributed by atoms with van der Waals surface area (Å²) in [6.07, 6.45) is 5.51. The minimum absolute atomic E-state index is 0.0346. The third kappa shape index (κ3) is 3.05. The molecule has 6 heteroatoms. The normalized spacial score (nSPS) is 20.8. The van der Waals surface area contributed by atoms with Gasteiger partial charge in [-0.2, -0.15) is 0 Å². The molecule has 0 fully saturated rings. The zero-order valence-electron chi connectivity index (χ0n) is 13.6. The number of aromatic nitrogens is 1. The van der Waals surface area contributed by atoms with Gasteiger partial charge in [-0.05, 0) is 37.1 Å². The average molecular weight is 343 g/mol. The molecule has 1 atom stereocenters. The van der Waals surface area contributed by atoms with Crippen molar-refractivity contribution in [1.82, 2.24) is 4.98 Å². The molecule has 1 aromatic heterocycles. The zero-order valence-corrected chi connectivity index (χ0v) is 14.4. The van der Waals surface area contributed by atoms with E-state index in [-0.39, 0.29) is 5.84 Å². The summed E-state index contributed by atoms with van der Waals surface area (Å²) in [5.74, 6) is -0.0346. The topological polar surface area (TPSA) is 81.4 Å². The van der Waals surface area contributed by atoms with Gasteiger partial charge in [-0.1, -0.05) is 23.7 Å². The van der Waals surface area contributed by atoms with Crippen molar-refractivity contribution in [2.75, 3.05) is 11.9 Å². The van der Waals surface area contributed by atoms with E-state index in [2.05, 4.69) is 15.3 Å². The number of amidine groups is 1. The number of fused-ring (bicyclic) bond motifs is 1. The molecule has 1 aliphatic heterocycles. The number of anilines is 1. The van der Waals surface area contributed by atoms with Gasteiger partial charge >= 0.3 is 0 Å². The van der Waals surface area contributed by atoms with Crippen LogP contribution in [-0.2, 0) is 0 Å². The summed E-state index contributed by atoms with van der Waals surface area (Å²) in [6, 6.07) is 5.90. The van der Waals surface area contributed by atoms with E-state index in [1.165, 1.54) is 0 Å². The van der Waals surface area contributed by atoms with Crippen LogP contribution < -0.4 is 5.32 Å². The first-order valence-corrected chi connectivity index (χ1v) is 8.18. The van der Waals surface area contributed by atoms with Crippen LogP contribution in [0.25, 0.3) is 16.5 Å². The number of nitrogens with zero attached hydrogens (tertiary/aromatic N) is 2. The molecule has 1 aliphatic rings. The maximum Gasteiger partial charge on any atom is 0.152 e. The van der Waals surface area contributed by atoms with Crippen molar-refractivity contribution in [2.24, 2.45) is 4.99 Å². The first-order chi connectivity index (χ1) is 11.4. The highest BCUT2D eigenvalue weighted by atomic mass is 35.5. The number of hydrogen-bond acceptors (Lipinski definition) is 4. The number of aliphatic imine (C=N–C) groups is 1. The predicted molar refractivity (Wildman–Crippen MR) is 100 cm³/mol. The van der Waals surface area contributed by atoms with Crippen LogP contribution >= 0.6 is 11.6 Å². The summed E-state index contributed by atoms with van der Waals surface area (Å²) < 4.78 is 0. The van der Waals surface area contributed by atoms with Crippen LogP contribution in [0.1, 0.15) is 25.8 Å². The summed E-state index contributed by atoms with van der Waals surface area (Å²) in [5.41, 5.74) is 2.28. The smallest absolute Gasteiger partial charge is 0.152 e. The number of rotatable bonds is 3. The Morgan fingerprint density at radius 2 is 2.21 bits per heavy atom. The quantitative estimate of drug-likeness (QED) is 0.791. The third-order valence-corrected chi connectivity index (χ3v) is 4.36. The second kappa shape index (κ2) is 6.34. The maximum absolute atomic E-state index is 10.2. The van der Waals surface area contributed by atoms with Crippen molar-refractivity contribution in [3.8, 4) is 0 Å². The lowest BCUT2D eigenvalue weighted by Crippen LogP contribution is -2.31. The number of allylic oxidation sites excluding steroid dienone is 1. The van der Waals surface area contributed by atoms with Gasteiger partial charge in [0.25, 0.3) is 0 Å². The van der Waals surface area contributed by atoms with Crippen LogP contribution in [0.15, 0.2) is 35.5 Å². The van der Waals surface area contributed by atoms with Gasteiger partial charge in [-0.25, -0.2) is 4.99 Å². The molecule has 0 radical (unpaired) electrons. The van der Waals surface area contributed by atoms with Crippen molar-refractivity contribution in [2.45, 2.75) is 25.9 Å². The Morgan fingerprint density at radius 3 is 2.96 bits per heavy atom. The molecule has 3 N–H and O–H groups in total. The molecule has 1 unspecified atom stereocenters. The molecule has 0 bridgehead atoms. The lowest BCUT2D eigenvalue weighted by atomic mass is 9.98. The fourth-order valence-electron chi connectivity index (χ4n) is 2.63. The molecule has 5 nitrogen and oxygen atoms in total. The number of aliphatic hydroxyl groups is 1. The van der Waals surface area contributed by atoms with E-state index in [1.807, 2.05) is 31.2 Å². The monoisotopic (exact) mass is 342 g/mol. The highest BCUT2D eigenvalue weighted by molar-refractivity contribution is 6.34. The van der Waals surface area contributed by atoms with Gasteiger partial charge in [0.1, 0.15) is 5.60 Å². The number of nitrogens with one attached hydrogen (secondary N) is 2. The molecule has 0 saturated heterocycles. The largest absolute Gasteiger partial charge is 0.384 e. The Hall–Kier alpha value is -2.24. The Morgan fingerprint density at radius 1 is 1.42 bits per heavy atom. The fraction of sp³-hybridized carbons (Fsp3) is 0.278. The molecule has 0 aliphatic carbocycles. The van der Waals surface area contributed by atoms with Gasteiger partial charge < -0.3 is 10.4 Å². The Labute approximate surface area is 145 Å². The minimum Gasteiger partial charge on any atom is -0.384 e. The maximum atomic E-state index is 10.2. The summed E-state index contributed by atoms with van der Waals surface area (Å²) in [5, 5.41) is 22.8. The molecule has 0 amide bonds. The second-order valence-corrected chi connectivity index (χ2v) is 6.39. The molecular formula is C18H19ClN4O. The molecule has 1 aromatic carbocycles. The molecule has 2 aromatic rings.